The fourth-order valence-corrected chi connectivity index (χ4v) is 2.94. The van der Waals surface area contributed by atoms with E-state index in [-0.39, 0.29) is 0 Å². The first-order valence-electron chi connectivity index (χ1n) is 7.51. The van der Waals surface area contributed by atoms with E-state index in [2.05, 4.69) is 28.3 Å². The maximum absolute atomic E-state index is 5.68. The van der Waals surface area contributed by atoms with Crippen LogP contribution < -0.4 is 25.6 Å². The summed E-state index contributed by atoms with van der Waals surface area (Å²) in [6.45, 7) is 3.34. The molecule has 0 radical (unpaired) electrons. The molecule has 5 heteroatoms. The molecule has 1 aliphatic carbocycles. The summed E-state index contributed by atoms with van der Waals surface area (Å²) < 4.78 is 11.3. The molecule has 0 amide bonds. The molecule has 3 N–H and O–H groups in total. The van der Waals surface area contributed by atoms with Crippen LogP contribution in [0, 0.1) is 5.92 Å². The standard InChI is InChI=1S/C15H21N3O2/c1-4-13-14(20-6-5-19-13)7-10(1)15-11(9-17-18-15)8-16-12-2-3-12/h1,4,7,11-12,15-18H,2-3,5-6,8-9H2. The monoisotopic (exact) mass is 275 g/mol. The fraction of sp³-hybridized carbons (Fsp3) is 0.600. The largest absolute Gasteiger partial charge is 0.486 e. The Morgan fingerprint density at radius 2 is 2.00 bits per heavy atom. The minimum Gasteiger partial charge on any atom is -0.486 e. The average Bonchev–Trinajstić information content (AvgIpc) is 3.21. The van der Waals surface area contributed by atoms with Crippen LogP contribution in [0.25, 0.3) is 0 Å². The van der Waals surface area contributed by atoms with Gasteiger partial charge in [-0.25, -0.2) is 5.43 Å². The van der Waals surface area contributed by atoms with E-state index in [0.717, 1.165) is 30.6 Å². The first-order chi connectivity index (χ1) is 9.90. The summed E-state index contributed by atoms with van der Waals surface area (Å²) in [7, 11) is 0. The molecule has 0 aromatic heterocycles. The van der Waals surface area contributed by atoms with Gasteiger partial charge in [0.05, 0.1) is 6.04 Å². The highest BCUT2D eigenvalue weighted by atomic mass is 16.6. The Balaban J connectivity index is 1.49. The number of rotatable bonds is 4. The van der Waals surface area contributed by atoms with Gasteiger partial charge in [0.2, 0.25) is 0 Å². The van der Waals surface area contributed by atoms with Crippen molar-refractivity contribution >= 4 is 0 Å². The number of hydrazine groups is 1. The molecule has 1 aromatic rings. The molecule has 2 atom stereocenters. The molecular weight excluding hydrogens is 254 g/mol. The summed E-state index contributed by atoms with van der Waals surface area (Å²) in [6, 6.07) is 7.37. The number of nitrogens with one attached hydrogen (secondary N) is 3. The van der Waals surface area contributed by atoms with Gasteiger partial charge in [-0.05, 0) is 30.5 Å². The molecule has 2 unspecified atom stereocenters. The predicted molar refractivity (Wildman–Crippen MR) is 75.8 cm³/mol. The lowest BCUT2D eigenvalue weighted by atomic mass is 9.94. The van der Waals surface area contributed by atoms with Crippen LogP contribution in [-0.2, 0) is 0 Å². The van der Waals surface area contributed by atoms with Gasteiger partial charge in [0.1, 0.15) is 13.2 Å². The van der Waals surface area contributed by atoms with Gasteiger partial charge in [0.15, 0.2) is 11.5 Å². The third-order valence-electron chi connectivity index (χ3n) is 4.26. The molecular formula is C15H21N3O2. The van der Waals surface area contributed by atoms with Gasteiger partial charge in [-0.1, -0.05) is 6.07 Å². The lowest BCUT2D eigenvalue weighted by Gasteiger charge is -2.23. The van der Waals surface area contributed by atoms with Gasteiger partial charge in [-0.15, -0.1) is 0 Å². The van der Waals surface area contributed by atoms with Crippen molar-refractivity contribution in [2.24, 2.45) is 5.92 Å². The zero-order valence-corrected chi connectivity index (χ0v) is 11.5. The molecule has 1 saturated heterocycles. The second kappa shape index (κ2) is 5.24. The van der Waals surface area contributed by atoms with Crippen LogP contribution in [0.3, 0.4) is 0 Å². The highest BCUT2D eigenvalue weighted by Gasteiger charge is 2.31. The quantitative estimate of drug-likeness (QED) is 0.764. The first-order valence-corrected chi connectivity index (χ1v) is 7.51. The summed E-state index contributed by atoms with van der Waals surface area (Å²) >= 11 is 0. The zero-order valence-electron chi connectivity index (χ0n) is 11.5. The van der Waals surface area contributed by atoms with Gasteiger partial charge >= 0.3 is 0 Å². The lowest BCUT2D eigenvalue weighted by Crippen LogP contribution is -2.30. The van der Waals surface area contributed by atoms with Crippen molar-refractivity contribution in [3.8, 4) is 11.5 Å². The molecule has 0 spiro atoms. The Labute approximate surface area is 119 Å². The van der Waals surface area contributed by atoms with Crippen LogP contribution in [0.15, 0.2) is 18.2 Å². The number of ether oxygens (including phenoxy) is 2. The van der Waals surface area contributed by atoms with Crippen LogP contribution in [0.5, 0.6) is 11.5 Å². The van der Waals surface area contributed by atoms with E-state index in [9.17, 15) is 0 Å². The highest BCUT2D eigenvalue weighted by molar-refractivity contribution is 5.45. The normalized spacial score (nSPS) is 28.6. The number of fused-ring (bicyclic) bond motifs is 1. The van der Waals surface area contributed by atoms with Crippen molar-refractivity contribution in [2.75, 3.05) is 26.3 Å². The predicted octanol–water partition coefficient (Wildman–Crippen LogP) is 0.975. The van der Waals surface area contributed by atoms with Gasteiger partial charge in [0.25, 0.3) is 0 Å². The molecule has 2 aliphatic heterocycles. The van der Waals surface area contributed by atoms with Crippen LogP contribution in [0.2, 0.25) is 0 Å². The van der Waals surface area contributed by atoms with E-state index < -0.39 is 0 Å². The lowest BCUT2D eigenvalue weighted by molar-refractivity contribution is 0.171. The zero-order chi connectivity index (χ0) is 13.4. The second-order valence-corrected chi connectivity index (χ2v) is 5.85. The van der Waals surface area contributed by atoms with E-state index in [4.69, 9.17) is 9.47 Å². The molecule has 108 valence electrons. The van der Waals surface area contributed by atoms with E-state index in [1.54, 1.807) is 0 Å². The number of hydrogen-bond donors (Lipinski definition) is 3. The first kappa shape index (κ1) is 12.4. The smallest absolute Gasteiger partial charge is 0.161 e. The van der Waals surface area contributed by atoms with Crippen LogP contribution in [0.4, 0.5) is 0 Å². The molecule has 5 nitrogen and oxygen atoms in total. The summed E-state index contributed by atoms with van der Waals surface area (Å²) in [4.78, 5) is 0. The summed E-state index contributed by atoms with van der Waals surface area (Å²) in [5.41, 5.74) is 7.94. The Hall–Kier alpha value is -1.30. The third-order valence-corrected chi connectivity index (χ3v) is 4.26. The molecule has 2 fully saturated rings. The molecule has 20 heavy (non-hydrogen) atoms. The molecule has 0 bridgehead atoms. The second-order valence-electron chi connectivity index (χ2n) is 5.85. The summed E-state index contributed by atoms with van der Waals surface area (Å²) in [5.74, 6) is 2.30. The van der Waals surface area contributed by atoms with Crippen molar-refractivity contribution in [2.45, 2.75) is 24.9 Å². The van der Waals surface area contributed by atoms with E-state index >= 15 is 0 Å². The van der Waals surface area contributed by atoms with Crippen molar-refractivity contribution in [3.63, 3.8) is 0 Å². The Morgan fingerprint density at radius 1 is 1.15 bits per heavy atom. The average molecular weight is 275 g/mol. The van der Waals surface area contributed by atoms with E-state index in [0.29, 0.717) is 25.2 Å². The van der Waals surface area contributed by atoms with Crippen LogP contribution in [0.1, 0.15) is 24.4 Å². The molecule has 3 aliphatic rings. The summed E-state index contributed by atoms with van der Waals surface area (Å²) in [5, 5.41) is 3.62. The molecule has 4 rings (SSSR count). The topological polar surface area (TPSA) is 54.5 Å². The number of benzene rings is 1. The van der Waals surface area contributed by atoms with Crippen molar-refractivity contribution < 1.29 is 9.47 Å². The maximum atomic E-state index is 5.68. The van der Waals surface area contributed by atoms with Crippen molar-refractivity contribution in [1.82, 2.24) is 16.2 Å². The van der Waals surface area contributed by atoms with E-state index in [1.807, 2.05) is 6.07 Å². The van der Waals surface area contributed by atoms with Gasteiger partial charge < -0.3 is 14.8 Å². The van der Waals surface area contributed by atoms with Crippen LogP contribution in [-0.4, -0.2) is 32.3 Å². The van der Waals surface area contributed by atoms with Gasteiger partial charge in [-0.2, -0.15) is 0 Å². The van der Waals surface area contributed by atoms with Crippen molar-refractivity contribution in [1.29, 1.82) is 0 Å². The summed E-state index contributed by atoms with van der Waals surface area (Å²) in [6.07, 6.45) is 2.67. The van der Waals surface area contributed by atoms with E-state index in [1.165, 1.54) is 18.4 Å². The molecule has 1 saturated carbocycles. The Bertz CT molecular complexity index is 490. The van der Waals surface area contributed by atoms with Crippen LogP contribution >= 0.6 is 0 Å². The SMILES string of the molecule is c1cc2c(cc1C1NNCC1CNC1CC1)OCCO2. The van der Waals surface area contributed by atoms with Crippen molar-refractivity contribution in [3.05, 3.63) is 23.8 Å². The van der Waals surface area contributed by atoms with Gasteiger partial charge in [-0.3, -0.25) is 5.43 Å². The maximum Gasteiger partial charge on any atom is 0.161 e. The Morgan fingerprint density at radius 3 is 2.85 bits per heavy atom. The van der Waals surface area contributed by atoms with Gasteiger partial charge in [0, 0.05) is 25.0 Å². The molecule has 2 heterocycles. The minimum atomic E-state index is 0.331. The molecule has 1 aromatic carbocycles. The third kappa shape index (κ3) is 2.49. The fourth-order valence-electron chi connectivity index (χ4n) is 2.94. The number of hydrogen-bond acceptors (Lipinski definition) is 5. The Kier molecular flexibility index (Phi) is 3.26. The minimum absolute atomic E-state index is 0.331. The highest BCUT2D eigenvalue weighted by Crippen LogP contribution is 2.35.